The zero-order chi connectivity index (χ0) is 24.4. The first-order valence-corrected chi connectivity index (χ1v) is 11.4. The molecule has 0 aliphatic carbocycles. The lowest BCUT2D eigenvalue weighted by atomic mass is 10.0. The Morgan fingerprint density at radius 1 is 0.914 bits per heavy atom. The molecule has 0 saturated carbocycles. The Labute approximate surface area is 201 Å². The van der Waals surface area contributed by atoms with Gasteiger partial charge >= 0.3 is 0 Å². The molecule has 5 rings (SSSR count). The summed E-state index contributed by atoms with van der Waals surface area (Å²) in [7, 11) is 0. The van der Waals surface area contributed by atoms with Crippen LogP contribution in [0.5, 0.6) is 11.5 Å². The molecule has 0 N–H and O–H groups in total. The lowest BCUT2D eigenvalue weighted by Gasteiger charge is -2.36. The largest absolute Gasteiger partial charge is 0.454 e. The van der Waals surface area contributed by atoms with E-state index >= 15 is 0 Å². The molecule has 3 heterocycles. The molecule has 1 atom stereocenters. The number of rotatable bonds is 6. The minimum absolute atomic E-state index is 0.168. The first kappa shape index (κ1) is 22.8. The molecular weight excluding hydrogens is 453 g/mol. The van der Waals surface area contributed by atoms with E-state index in [2.05, 4.69) is 4.90 Å². The van der Waals surface area contributed by atoms with E-state index in [-0.39, 0.29) is 12.4 Å². The highest BCUT2D eigenvalue weighted by Gasteiger charge is 2.35. The summed E-state index contributed by atoms with van der Waals surface area (Å²) < 4.78 is 25.3. The van der Waals surface area contributed by atoms with Crippen LogP contribution in [0.25, 0.3) is 0 Å². The molecule has 0 bridgehead atoms. The molecule has 2 aromatic carbocycles. The Hall–Kier alpha value is -3.98. The quantitative estimate of drug-likeness (QED) is 0.401. The smallest absolute Gasteiger partial charge is 0.253 e. The number of pyridine rings is 1. The van der Waals surface area contributed by atoms with Crippen molar-refractivity contribution in [2.45, 2.75) is 12.6 Å². The number of nitrogens with zero attached hydrogens (tertiary/aromatic N) is 3. The number of amides is 1. The molecule has 0 spiro atoms. The van der Waals surface area contributed by atoms with Crippen LogP contribution in [0.3, 0.4) is 0 Å². The second-order valence-electron chi connectivity index (χ2n) is 8.51. The van der Waals surface area contributed by atoms with Crippen LogP contribution in [-0.2, 0) is 11.3 Å². The Morgan fingerprint density at radius 2 is 1.66 bits per heavy atom. The van der Waals surface area contributed by atoms with Gasteiger partial charge in [-0.15, -0.1) is 0 Å². The van der Waals surface area contributed by atoms with Crippen molar-refractivity contribution in [3.05, 3.63) is 94.2 Å². The first-order valence-electron chi connectivity index (χ1n) is 11.4. The van der Waals surface area contributed by atoms with Crippen molar-refractivity contribution < 1.29 is 23.5 Å². The normalized spacial score (nSPS) is 16.2. The molecule has 1 fully saturated rings. The van der Waals surface area contributed by atoms with E-state index in [4.69, 9.17) is 9.47 Å². The number of ketones is 1. The number of benzene rings is 2. The number of carbonyl (C=O) groups is 2. The molecular formula is C26H24FN3O5. The van der Waals surface area contributed by atoms with Gasteiger partial charge < -0.3 is 14.4 Å². The third-order valence-electron chi connectivity index (χ3n) is 6.27. The fourth-order valence-electron chi connectivity index (χ4n) is 4.38. The van der Waals surface area contributed by atoms with E-state index in [9.17, 15) is 18.8 Å². The number of Topliss-reactive ketones (excluding diaryl/α,β-unsaturated/α-hetero) is 1. The van der Waals surface area contributed by atoms with Gasteiger partial charge in [0, 0.05) is 50.6 Å². The Morgan fingerprint density at radius 3 is 2.40 bits per heavy atom. The van der Waals surface area contributed by atoms with E-state index < -0.39 is 29.1 Å². The van der Waals surface area contributed by atoms with Gasteiger partial charge in [0.15, 0.2) is 23.3 Å². The van der Waals surface area contributed by atoms with Gasteiger partial charge in [0.1, 0.15) is 5.82 Å². The lowest BCUT2D eigenvalue weighted by molar-refractivity contribution is -0.135. The fourth-order valence-corrected chi connectivity index (χ4v) is 4.38. The number of hydrogen-bond acceptors (Lipinski definition) is 6. The topological polar surface area (TPSA) is 81.1 Å². The number of ether oxygens (including phenoxy) is 2. The highest BCUT2D eigenvalue weighted by atomic mass is 19.1. The zero-order valence-electron chi connectivity index (χ0n) is 18.9. The molecule has 2 aliphatic heterocycles. The average Bonchev–Trinajstić information content (AvgIpc) is 3.34. The molecule has 0 unspecified atom stereocenters. The first-order chi connectivity index (χ1) is 17.0. The minimum Gasteiger partial charge on any atom is -0.454 e. The Balaban J connectivity index is 1.31. The fraction of sp³-hybridized carbons (Fsp3) is 0.269. The number of halogens is 1. The highest BCUT2D eigenvalue weighted by Crippen LogP contribution is 2.33. The van der Waals surface area contributed by atoms with Crippen molar-refractivity contribution in [1.29, 1.82) is 0 Å². The molecule has 1 saturated heterocycles. The summed E-state index contributed by atoms with van der Waals surface area (Å²) in [4.78, 5) is 43.2. The summed E-state index contributed by atoms with van der Waals surface area (Å²) in [5.41, 5.74) is 0.791. The molecule has 2 aliphatic rings. The standard InChI is InChI=1S/C26H24FN3O5/c27-20-7-5-19(6-8-20)25(32)24(30-10-2-1-3-23(30)31)26(33)29-13-11-28(12-14-29)16-18-4-9-21-22(15-18)35-17-34-21/h1-10,15,24H,11-14,16-17H2/t24-/m0/s1. The number of fused-ring (bicyclic) bond motifs is 1. The second-order valence-corrected chi connectivity index (χ2v) is 8.51. The Bertz CT molecular complexity index is 1300. The van der Waals surface area contributed by atoms with E-state index in [1.165, 1.54) is 24.4 Å². The summed E-state index contributed by atoms with van der Waals surface area (Å²) in [5, 5.41) is 0. The third-order valence-corrected chi connectivity index (χ3v) is 6.27. The predicted molar refractivity (Wildman–Crippen MR) is 125 cm³/mol. The summed E-state index contributed by atoms with van der Waals surface area (Å²) in [5.74, 6) is -0.0229. The van der Waals surface area contributed by atoms with Gasteiger partial charge in [-0.1, -0.05) is 12.1 Å². The molecule has 1 amide bonds. The third kappa shape index (κ3) is 4.81. The lowest BCUT2D eigenvalue weighted by Crippen LogP contribution is -2.52. The van der Waals surface area contributed by atoms with Crippen LogP contribution in [0.4, 0.5) is 4.39 Å². The summed E-state index contributed by atoms with van der Waals surface area (Å²) in [6.45, 7) is 2.97. The van der Waals surface area contributed by atoms with Crippen molar-refractivity contribution in [2.24, 2.45) is 0 Å². The number of carbonyl (C=O) groups excluding carboxylic acids is 2. The number of aromatic nitrogens is 1. The monoisotopic (exact) mass is 477 g/mol. The van der Waals surface area contributed by atoms with E-state index in [0.29, 0.717) is 32.7 Å². The average molecular weight is 477 g/mol. The van der Waals surface area contributed by atoms with Crippen molar-refractivity contribution in [3.8, 4) is 11.5 Å². The van der Waals surface area contributed by atoms with Crippen LogP contribution >= 0.6 is 0 Å². The van der Waals surface area contributed by atoms with Crippen LogP contribution < -0.4 is 15.0 Å². The van der Waals surface area contributed by atoms with Crippen molar-refractivity contribution in [3.63, 3.8) is 0 Å². The molecule has 0 radical (unpaired) electrons. The van der Waals surface area contributed by atoms with Crippen molar-refractivity contribution in [1.82, 2.24) is 14.4 Å². The van der Waals surface area contributed by atoms with Crippen molar-refractivity contribution in [2.75, 3.05) is 33.0 Å². The van der Waals surface area contributed by atoms with Crippen LogP contribution in [0.2, 0.25) is 0 Å². The van der Waals surface area contributed by atoms with Gasteiger partial charge in [0.2, 0.25) is 6.79 Å². The molecule has 9 heteroatoms. The molecule has 180 valence electrons. The number of hydrogen-bond donors (Lipinski definition) is 0. The molecule has 8 nitrogen and oxygen atoms in total. The minimum atomic E-state index is -1.35. The highest BCUT2D eigenvalue weighted by molar-refractivity contribution is 6.11. The molecule has 35 heavy (non-hydrogen) atoms. The van der Waals surface area contributed by atoms with E-state index in [0.717, 1.165) is 33.8 Å². The van der Waals surface area contributed by atoms with Crippen LogP contribution in [0, 0.1) is 5.82 Å². The maximum atomic E-state index is 13.5. The van der Waals surface area contributed by atoms with Gasteiger partial charge in [0.25, 0.3) is 11.5 Å². The van der Waals surface area contributed by atoms with Crippen LogP contribution in [0.1, 0.15) is 22.0 Å². The van der Waals surface area contributed by atoms with E-state index in [1.54, 1.807) is 17.0 Å². The van der Waals surface area contributed by atoms with Gasteiger partial charge in [-0.2, -0.15) is 0 Å². The summed E-state index contributed by atoms with van der Waals surface area (Å²) in [6, 6.07) is 13.9. The van der Waals surface area contributed by atoms with Crippen LogP contribution in [-0.4, -0.2) is 59.0 Å². The van der Waals surface area contributed by atoms with Gasteiger partial charge in [-0.05, 0) is 48.0 Å². The maximum absolute atomic E-state index is 13.5. The Kier molecular flexibility index (Phi) is 6.33. The van der Waals surface area contributed by atoms with Crippen molar-refractivity contribution >= 4 is 11.7 Å². The second kappa shape index (κ2) is 9.71. The van der Waals surface area contributed by atoms with Gasteiger partial charge in [0.05, 0.1) is 0 Å². The predicted octanol–water partition coefficient (Wildman–Crippen LogP) is 2.48. The summed E-state index contributed by atoms with van der Waals surface area (Å²) in [6.07, 6.45) is 1.43. The van der Waals surface area contributed by atoms with Crippen LogP contribution in [0.15, 0.2) is 71.7 Å². The van der Waals surface area contributed by atoms with Gasteiger partial charge in [-0.25, -0.2) is 4.39 Å². The summed E-state index contributed by atoms with van der Waals surface area (Å²) >= 11 is 0. The maximum Gasteiger partial charge on any atom is 0.253 e. The SMILES string of the molecule is O=C(c1ccc(F)cc1)[C@@H](C(=O)N1CCN(Cc2ccc3c(c2)OCO3)CC1)n1ccccc1=O. The molecule has 3 aromatic rings. The zero-order valence-corrected chi connectivity index (χ0v) is 18.9. The number of piperazine rings is 1. The molecule has 1 aromatic heterocycles. The van der Waals surface area contributed by atoms with Gasteiger partial charge in [-0.3, -0.25) is 23.9 Å². The van der Waals surface area contributed by atoms with E-state index in [1.807, 2.05) is 18.2 Å².